The lowest BCUT2D eigenvalue weighted by Crippen LogP contribution is -2.07. The van der Waals surface area contributed by atoms with Gasteiger partial charge >= 0.3 is 5.97 Å². The van der Waals surface area contributed by atoms with Gasteiger partial charge in [-0.2, -0.15) is 5.10 Å². The van der Waals surface area contributed by atoms with E-state index in [-0.39, 0.29) is 12.6 Å². The molecule has 0 aliphatic rings. The molecular formula is C19H19N3O2. The lowest BCUT2D eigenvalue weighted by molar-refractivity contribution is 0.0472. The summed E-state index contributed by atoms with van der Waals surface area (Å²) in [6, 6.07) is 13.3. The molecule has 0 radical (unpaired) electrons. The summed E-state index contributed by atoms with van der Waals surface area (Å²) in [5, 5.41) is 4.09. The van der Waals surface area contributed by atoms with Gasteiger partial charge in [0.05, 0.1) is 5.56 Å². The van der Waals surface area contributed by atoms with Gasteiger partial charge in [-0.05, 0) is 35.2 Å². The molecule has 0 aliphatic heterocycles. The number of hydrogen-bond donors (Lipinski definition) is 0. The summed E-state index contributed by atoms with van der Waals surface area (Å²) in [6.07, 6.45) is 4.97. The quantitative estimate of drug-likeness (QED) is 0.672. The maximum atomic E-state index is 12.1. The fourth-order valence-corrected chi connectivity index (χ4v) is 2.28. The third kappa shape index (κ3) is 3.68. The molecule has 5 heteroatoms. The number of pyridine rings is 1. The van der Waals surface area contributed by atoms with Crippen LogP contribution >= 0.6 is 0 Å². The Morgan fingerprint density at radius 2 is 1.96 bits per heavy atom. The summed E-state index contributed by atoms with van der Waals surface area (Å²) in [6.45, 7) is 4.54. The second-order valence-electron chi connectivity index (χ2n) is 5.83. The molecular weight excluding hydrogens is 302 g/mol. The van der Waals surface area contributed by atoms with E-state index in [1.807, 2.05) is 18.2 Å². The number of ether oxygens (including phenoxy) is 1. The first-order chi connectivity index (χ1) is 11.6. The third-order valence-electron chi connectivity index (χ3n) is 3.74. The summed E-state index contributed by atoms with van der Waals surface area (Å²) in [7, 11) is 0. The van der Waals surface area contributed by atoms with Crippen LogP contribution in [0, 0.1) is 0 Å². The standard InChI is InChI=1S/C19H19N3O2/c1-14(2)16-6-4-15(5-7-16)13-24-19(23)17-8-9-18(20-12-17)22-11-3-10-21-22/h3-12,14H,13H2,1-2H3. The second kappa shape index (κ2) is 7.08. The molecule has 0 aliphatic carbocycles. The zero-order valence-corrected chi connectivity index (χ0v) is 13.7. The van der Waals surface area contributed by atoms with Crippen LogP contribution in [0.2, 0.25) is 0 Å². The largest absolute Gasteiger partial charge is 0.457 e. The Morgan fingerprint density at radius 3 is 2.54 bits per heavy atom. The van der Waals surface area contributed by atoms with Crippen molar-refractivity contribution < 1.29 is 9.53 Å². The highest BCUT2D eigenvalue weighted by molar-refractivity contribution is 5.89. The Morgan fingerprint density at radius 1 is 1.17 bits per heavy atom. The summed E-state index contributed by atoms with van der Waals surface area (Å²) < 4.78 is 6.97. The van der Waals surface area contributed by atoms with E-state index in [1.54, 1.807) is 29.2 Å². The average molecular weight is 321 g/mol. The predicted octanol–water partition coefficient (Wildman–Crippen LogP) is 3.75. The number of hydrogen-bond acceptors (Lipinski definition) is 4. The van der Waals surface area contributed by atoms with Crippen LogP contribution in [0.4, 0.5) is 0 Å². The molecule has 5 nitrogen and oxygen atoms in total. The molecule has 0 amide bonds. The molecule has 2 aromatic heterocycles. The van der Waals surface area contributed by atoms with Crippen molar-refractivity contribution in [2.45, 2.75) is 26.4 Å². The number of esters is 1. The molecule has 24 heavy (non-hydrogen) atoms. The molecule has 0 spiro atoms. The zero-order chi connectivity index (χ0) is 16.9. The Balaban J connectivity index is 1.60. The third-order valence-corrected chi connectivity index (χ3v) is 3.74. The first-order valence-corrected chi connectivity index (χ1v) is 7.85. The topological polar surface area (TPSA) is 57.0 Å². The molecule has 0 saturated carbocycles. The minimum absolute atomic E-state index is 0.248. The van der Waals surface area contributed by atoms with Gasteiger partial charge in [0.1, 0.15) is 6.61 Å². The SMILES string of the molecule is CC(C)c1ccc(COC(=O)c2ccc(-n3cccn3)nc2)cc1. The van der Waals surface area contributed by atoms with Crippen molar-refractivity contribution in [3.8, 4) is 5.82 Å². The number of rotatable bonds is 5. The summed E-state index contributed by atoms with van der Waals surface area (Å²) >= 11 is 0. The van der Waals surface area contributed by atoms with Crippen molar-refractivity contribution >= 4 is 5.97 Å². The van der Waals surface area contributed by atoms with Crippen molar-refractivity contribution in [1.29, 1.82) is 0 Å². The van der Waals surface area contributed by atoms with Crippen molar-refractivity contribution in [2.75, 3.05) is 0 Å². The second-order valence-corrected chi connectivity index (χ2v) is 5.83. The molecule has 2 heterocycles. The van der Waals surface area contributed by atoms with Gasteiger partial charge in [0.2, 0.25) is 0 Å². The zero-order valence-electron chi connectivity index (χ0n) is 13.7. The fourth-order valence-electron chi connectivity index (χ4n) is 2.28. The number of nitrogens with zero attached hydrogens (tertiary/aromatic N) is 3. The lowest BCUT2D eigenvalue weighted by atomic mass is 10.0. The van der Waals surface area contributed by atoms with Gasteiger partial charge in [-0.1, -0.05) is 38.1 Å². The van der Waals surface area contributed by atoms with Crippen LogP contribution in [-0.2, 0) is 11.3 Å². The molecule has 0 bridgehead atoms. The summed E-state index contributed by atoms with van der Waals surface area (Å²) in [5.74, 6) is 0.754. The number of carbonyl (C=O) groups excluding carboxylic acids is 1. The normalized spacial score (nSPS) is 10.8. The maximum absolute atomic E-state index is 12.1. The van der Waals surface area contributed by atoms with Gasteiger partial charge in [0.25, 0.3) is 0 Å². The number of carbonyl (C=O) groups is 1. The van der Waals surface area contributed by atoms with E-state index in [2.05, 4.69) is 36.1 Å². The first-order valence-electron chi connectivity index (χ1n) is 7.85. The first kappa shape index (κ1) is 15.9. The Bertz CT molecular complexity index is 792. The Labute approximate surface area is 140 Å². The van der Waals surface area contributed by atoms with Crippen LogP contribution < -0.4 is 0 Å². The molecule has 0 saturated heterocycles. The van der Waals surface area contributed by atoms with Crippen LogP contribution in [0.25, 0.3) is 5.82 Å². The molecule has 3 rings (SSSR count). The Hall–Kier alpha value is -2.95. The maximum Gasteiger partial charge on any atom is 0.340 e. The van der Waals surface area contributed by atoms with Crippen molar-refractivity contribution in [3.05, 3.63) is 77.7 Å². The highest BCUT2D eigenvalue weighted by Gasteiger charge is 2.09. The van der Waals surface area contributed by atoms with Gasteiger partial charge in [-0.3, -0.25) is 0 Å². The fraction of sp³-hybridized carbons (Fsp3) is 0.211. The lowest BCUT2D eigenvalue weighted by Gasteiger charge is -2.08. The van der Waals surface area contributed by atoms with E-state index in [0.717, 1.165) is 5.56 Å². The Kier molecular flexibility index (Phi) is 4.70. The van der Waals surface area contributed by atoms with Crippen molar-refractivity contribution in [1.82, 2.24) is 14.8 Å². The van der Waals surface area contributed by atoms with Crippen LogP contribution in [0.3, 0.4) is 0 Å². The molecule has 0 N–H and O–H groups in total. The highest BCUT2D eigenvalue weighted by atomic mass is 16.5. The van der Waals surface area contributed by atoms with Crippen molar-refractivity contribution in [3.63, 3.8) is 0 Å². The van der Waals surface area contributed by atoms with E-state index in [4.69, 9.17) is 4.74 Å². The molecule has 122 valence electrons. The number of benzene rings is 1. The molecule has 0 fully saturated rings. The van der Waals surface area contributed by atoms with E-state index in [1.165, 1.54) is 11.8 Å². The minimum Gasteiger partial charge on any atom is -0.457 e. The average Bonchev–Trinajstić information content (AvgIpc) is 3.15. The van der Waals surface area contributed by atoms with Gasteiger partial charge in [-0.25, -0.2) is 14.5 Å². The van der Waals surface area contributed by atoms with E-state index in [9.17, 15) is 4.79 Å². The molecule has 0 atom stereocenters. The minimum atomic E-state index is -0.387. The van der Waals surface area contributed by atoms with Crippen LogP contribution in [0.1, 0.15) is 41.3 Å². The highest BCUT2D eigenvalue weighted by Crippen LogP contribution is 2.15. The predicted molar refractivity (Wildman–Crippen MR) is 91.0 cm³/mol. The van der Waals surface area contributed by atoms with Gasteiger partial charge in [-0.15, -0.1) is 0 Å². The van der Waals surface area contributed by atoms with E-state index in [0.29, 0.717) is 17.3 Å². The van der Waals surface area contributed by atoms with E-state index < -0.39 is 0 Å². The van der Waals surface area contributed by atoms with Gasteiger partial charge in [0, 0.05) is 18.6 Å². The van der Waals surface area contributed by atoms with Crippen LogP contribution in [0.15, 0.2) is 61.1 Å². The monoisotopic (exact) mass is 321 g/mol. The van der Waals surface area contributed by atoms with Gasteiger partial charge < -0.3 is 4.74 Å². The number of aromatic nitrogens is 3. The molecule has 1 aromatic carbocycles. The summed E-state index contributed by atoms with van der Waals surface area (Å²) in [4.78, 5) is 16.3. The van der Waals surface area contributed by atoms with E-state index >= 15 is 0 Å². The van der Waals surface area contributed by atoms with Crippen LogP contribution in [0.5, 0.6) is 0 Å². The smallest absolute Gasteiger partial charge is 0.340 e. The summed E-state index contributed by atoms with van der Waals surface area (Å²) in [5.41, 5.74) is 2.65. The molecule has 3 aromatic rings. The van der Waals surface area contributed by atoms with Crippen molar-refractivity contribution in [2.24, 2.45) is 0 Å². The van der Waals surface area contributed by atoms with Gasteiger partial charge in [0.15, 0.2) is 5.82 Å². The molecule has 0 unspecified atom stereocenters. The van der Waals surface area contributed by atoms with Crippen LogP contribution in [-0.4, -0.2) is 20.7 Å².